The molecule has 1 aliphatic heterocycles. The molecule has 0 amide bonds. The first-order valence-corrected chi connectivity index (χ1v) is 11.7. The van der Waals surface area contributed by atoms with Crippen LogP contribution in [0.1, 0.15) is 51.0 Å². The van der Waals surface area contributed by atoms with Gasteiger partial charge in [0.2, 0.25) is 5.88 Å². The number of benzene rings is 2. The maximum absolute atomic E-state index is 14.9. The zero-order valence-electron chi connectivity index (χ0n) is 18.9. The van der Waals surface area contributed by atoms with E-state index in [1.807, 2.05) is 0 Å². The van der Waals surface area contributed by atoms with E-state index in [1.165, 1.54) is 30.3 Å². The molecule has 5 nitrogen and oxygen atoms in total. The molecule has 2 unspecified atom stereocenters. The van der Waals surface area contributed by atoms with E-state index in [0.717, 1.165) is 17.2 Å². The van der Waals surface area contributed by atoms with E-state index in [9.17, 15) is 27.5 Å². The molecular formula is C27H21F4NO4. The molecule has 0 spiro atoms. The molecule has 3 aromatic rings. The lowest BCUT2D eigenvalue weighted by molar-refractivity contribution is -0.140. The van der Waals surface area contributed by atoms with Gasteiger partial charge in [-0.1, -0.05) is 18.2 Å². The highest BCUT2D eigenvalue weighted by Gasteiger charge is 2.60. The Morgan fingerprint density at radius 3 is 2.69 bits per heavy atom. The van der Waals surface area contributed by atoms with Gasteiger partial charge in [-0.05, 0) is 64.8 Å². The van der Waals surface area contributed by atoms with Gasteiger partial charge in [0.15, 0.2) is 0 Å². The molecule has 2 heterocycles. The molecule has 9 heteroatoms. The third kappa shape index (κ3) is 3.82. The van der Waals surface area contributed by atoms with Gasteiger partial charge in [0.25, 0.3) is 0 Å². The van der Waals surface area contributed by atoms with Crippen molar-refractivity contribution < 1.29 is 36.9 Å². The number of rotatable bonds is 5. The average molecular weight is 499 g/mol. The number of pyridine rings is 1. The van der Waals surface area contributed by atoms with Crippen LogP contribution in [0.4, 0.5) is 17.6 Å². The standard InChI is InChI=1S/C27H21F4NO4/c28-21-9-13-5-6-35-25(16-3-1-2-4-20(16)27(29,30)31)17(13)8-15(21)12-36-22-10-14-7-18-23(19(14)11-32-22)24(18)26(33)34/h1-4,8-11,18,23-25H,5-7,12H2,(H,33,34)/t18-,23-,24?,25?/m1/s1. The molecule has 0 bridgehead atoms. The minimum absolute atomic E-state index is 0.00588. The van der Waals surface area contributed by atoms with Crippen molar-refractivity contribution in [2.24, 2.45) is 11.8 Å². The summed E-state index contributed by atoms with van der Waals surface area (Å²) >= 11 is 0. The van der Waals surface area contributed by atoms with Crippen molar-refractivity contribution in [1.29, 1.82) is 0 Å². The van der Waals surface area contributed by atoms with Gasteiger partial charge in [0.1, 0.15) is 18.5 Å². The third-order valence-corrected chi connectivity index (χ3v) is 7.44. The van der Waals surface area contributed by atoms with E-state index in [0.29, 0.717) is 24.0 Å². The molecule has 4 atom stereocenters. The predicted molar refractivity (Wildman–Crippen MR) is 119 cm³/mol. The van der Waals surface area contributed by atoms with Crippen molar-refractivity contribution in [2.75, 3.05) is 6.61 Å². The van der Waals surface area contributed by atoms with Crippen LogP contribution in [0, 0.1) is 17.7 Å². The number of carboxylic acids is 1. The summed E-state index contributed by atoms with van der Waals surface area (Å²) < 4.78 is 67.3. The van der Waals surface area contributed by atoms with Crippen LogP contribution in [0.5, 0.6) is 5.88 Å². The van der Waals surface area contributed by atoms with E-state index >= 15 is 0 Å². The lowest BCUT2D eigenvalue weighted by atomic mass is 9.89. The summed E-state index contributed by atoms with van der Waals surface area (Å²) in [5, 5.41) is 9.26. The Bertz CT molecular complexity index is 1370. The van der Waals surface area contributed by atoms with E-state index in [-0.39, 0.29) is 48.0 Å². The number of carbonyl (C=O) groups is 1. The minimum Gasteiger partial charge on any atom is -0.481 e. The summed E-state index contributed by atoms with van der Waals surface area (Å²) in [5.41, 5.74) is 2.38. The van der Waals surface area contributed by atoms with Crippen LogP contribution in [-0.4, -0.2) is 22.7 Å². The Hall–Kier alpha value is -3.46. The molecule has 1 saturated carbocycles. The molecule has 6 rings (SSSR count). The van der Waals surface area contributed by atoms with Crippen LogP contribution in [0.3, 0.4) is 0 Å². The van der Waals surface area contributed by atoms with Crippen molar-refractivity contribution in [3.8, 4) is 5.88 Å². The number of hydrogen-bond acceptors (Lipinski definition) is 4. The Balaban J connectivity index is 1.25. The Labute approximate surface area is 203 Å². The minimum atomic E-state index is -4.55. The first-order valence-electron chi connectivity index (χ1n) is 11.7. The van der Waals surface area contributed by atoms with Crippen molar-refractivity contribution >= 4 is 5.97 Å². The van der Waals surface area contributed by atoms with Gasteiger partial charge in [0, 0.05) is 23.7 Å². The summed E-state index contributed by atoms with van der Waals surface area (Å²) in [6, 6.07) is 9.87. The van der Waals surface area contributed by atoms with Crippen LogP contribution in [0.2, 0.25) is 0 Å². The second-order valence-electron chi connectivity index (χ2n) is 9.50. The number of fused-ring (bicyclic) bond motifs is 4. The van der Waals surface area contributed by atoms with E-state index in [4.69, 9.17) is 9.47 Å². The Morgan fingerprint density at radius 1 is 1.11 bits per heavy atom. The number of alkyl halides is 3. The second-order valence-corrected chi connectivity index (χ2v) is 9.50. The fourth-order valence-corrected chi connectivity index (χ4v) is 5.70. The van der Waals surface area contributed by atoms with Gasteiger partial charge in [-0.2, -0.15) is 13.2 Å². The molecular weight excluding hydrogens is 478 g/mol. The quantitative estimate of drug-likeness (QED) is 0.473. The molecule has 0 radical (unpaired) electrons. The van der Waals surface area contributed by atoms with Crippen LogP contribution < -0.4 is 4.74 Å². The first kappa shape index (κ1) is 23.0. The SMILES string of the molecule is O=C(O)C1[C@H]2c3cnc(OCc4cc5c(cc4F)CCOC5c4ccccc4C(F)(F)F)cc3C[C@@H]12. The fraction of sp³-hybridized carbons (Fsp3) is 0.333. The smallest absolute Gasteiger partial charge is 0.416 e. The van der Waals surface area contributed by atoms with Crippen molar-refractivity contribution in [3.63, 3.8) is 0 Å². The zero-order chi connectivity index (χ0) is 25.2. The maximum atomic E-state index is 14.9. The predicted octanol–water partition coefficient (Wildman–Crippen LogP) is 5.45. The summed E-state index contributed by atoms with van der Waals surface area (Å²) in [6.07, 6.45) is -2.86. The topological polar surface area (TPSA) is 68.7 Å². The van der Waals surface area contributed by atoms with Crippen molar-refractivity contribution in [1.82, 2.24) is 4.98 Å². The number of nitrogens with zero attached hydrogens (tertiary/aromatic N) is 1. The highest BCUT2D eigenvalue weighted by Crippen LogP contribution is 2.61. The zero-order valence-corrected chi connectivity index (χ0v) is 18.9. The largest absolute Gasteiger partial charge is 0.481 e. The van der Waals surface area contributed by atoms with Crippen LogP contribution >= 0.6 is 0 Å². The van der Waals surface area contributed by atoms with Gasteiger partial charge >= 0.3 is 12.1 Å². The van der Waals surface area contributed by atoms with Gasteiger partial charge in [-0.3, -0.25) is 4.79 Å². The number of carboxylic acid groups (broad SMARTS) is 1. The monoisotopic (exact) mass is 499 g/mol. The van der Waals surface area contributed by atoms with E-state index < -0.39 is 29.6 Å². The summed E-state index contributed by atoms with van der Waals surface area (Å²) in [4.78, 5) is 15.5. The molecule has 1 fully saturated rings. The van der Waals surface area contributed by atoms with Gasteiger partial charge in [-0.25, -0.2) is 9.37 Å². The van der Waals surface area contributed by atoms with Crippen LogP contribution in [0.15, 0.2) is 48.7 Å². The lowest BCUT2D eigenvalue weighted by Crippen LogP contribution is -2.21. The molecule has 3 aliphatic rings. The van der Waals surface area contributed by atoms with Crippen LogP contribution in [0.25, 0.3) is 0 Å². The average Bonchev–Trinajstić information content (AvgIpc) is 3.44. The van der Waals surface area contributed by atoms with E-state index in [1.54, 1.807) is 12.3 Å². The molecule has 2 aliphatic carbocycles. The molecule has 1 N–H and O–H groups in total. The molecule has 1 aromatic heterocycles. The van der Waals surface area contributed by atoms with Crippen molar-refractivity contribution in [2.45, 2.75) is 37.6 Å². The summed E-state index contributed by atoms with van der Waals surface area (Å²) in [5.74, 6) is -1.29. The first-order chi connectivity index (χ1) is 17.2. The molecule has 0 saturated heterocycles. The summed E-state index contributed by atoms with van der Waals surface area (Å²) in [6.45, 7) is 0.0199. The third-order valence-electron chi connectivity index (χ3n) is 7.44. The second kappa shape index (κ2) is 8.30. The molecule has 36 heavy (non-hydrogen) atoms. The Kier molecular flexibility index (Phi) is 5.29. The normalized spacial score (nSPS) is 24.0. The summed E-state index contributed by atoms with van der Waals surface area (Å²) in [7, 11) is 0. The van der Waals surface area contributed by atoms with Crippen LogP contribution in [-0.2, 0) is 35.2 Å². The fourth-order valence-electron chi connectivity index (χ4n) is 5.70. The number of halogens is 4. The highest BCUT2D eigenvalue weighted by atomic mass is 19.4. The number of hydrogen-bond donors (Lipinski definition) is 1. The Morgan fingerprint density at radius 2 is 1.92 bits per heavy atom. The van der Waals surface area contributed by atoms with Crippen molar-refractivity contribution in [3.05, 3.63) is 93.4 Å². The molecule has 186 valence electrons. The number of ether oxygens (including phenoxy) is 2. The van der Waals surface area contributed by atoms with Gasteiger partial charge in [0.05, 0.1) is 18.1 Å². The van der Waals surface area contributed by atoms with Gasteiger partial charge in [-0.15, -0.1) is 0 Å². The van der Waals surface area contributed by atoms with Gasteiger partial charge < -0.3 is 14.6 Å². The molecule has 2 aromatic carbocycles. The lowest BCUT2D eigenvalue weighted by Gasteiger charge is -2.29. The number of aliphatic carboxylic acids is 1. The van der Waals surface area contributed by atoms with E-state index in [2.05, 4.69) is 4.98 Å². The number of aromatic nitrogens is 1. The highest BCUT2D eigenvalue weighted by molar-refractivity contribution is 5.77. The maximum Gasteiger partial charge on any atom is 0.416 e.